The van der Waals surface area contributed by atoms with Crippen molar-refractivity contribution in [1.82, 2.24) is 14.6 Å². The van der Waals surface area contributed by atoms with Gasteiger partial charge in [-0.05, 0) is 19.3 Å². The molecule has 0 aromatic carbocycles. The molecule has 1 aromatic heterocycles. The molecule has 176 valence electrons. The Morgan fingerprint density at radius 1 is 1.35 bits per heavy atom. The topological polar surface area (TPSA) is 189 Å². The molecule has 1 aromatic rings. The molecule has 6 atom stereocenters. The van der Waals surface area contributed by atoms with Crippen LogP contribution in [0.5, 0.6) is 0 Å². The number of carbonyl (C=O) groups excluding carboxylic acids is 1. The zero-order valence-electron chi connectivity index (χ0n) is 17.5. The zero-order valence-corrected chi connectivity index (χ0v) is 18.4. The summed E-state index contributed by atoms with van der Waals surface area (Å²) in [6.45, 7) is 4.43. The molecule has 13 nitrogen and oxygen atoms in total. The Kier molecular flexibility index (Phi) is 8.34. The molecule has 0 spiro atoms. The number of H-pyrrole nitrogens is 1. The molecule has 0 amide bonds. The Morgan fingerprint density at radius 3 is 2.58 bits per heavy atom. The molecule has 5 N–H and O–H groups in total. The maximum atomic E-state index is 12.4. The van der Waals surface area contributed by atoms with Gasteiger partial charge in [-0.25, -0.2) is 14.4 Å². The van der Waals surface area contributed by atoms with E-state index in [0.29, 0.717) is 0 Å². The van der Waals surface area contributed by atoms with Crippen molar-refractivity contribution in [2.45, 2.75) is 57.8 Å². The Morgan fingerprint density at radius 2 is 2.00 bits per heavy atom. The third kappa shape index (κ3) is 6.32. The highest BCUT2D eigenvalue weighted by molar-refractivity contribution is 7.50. The fourth-order valence-corrected chi connectivity index (χ4v) is 4.12. The summed E-state index contributed by atoms with van der Waals surface area (Å²) in [7, 11) is -3.38. The van der Waals surface area contributed by atoms with Gasteiger partial charge >= 0.3 is 19.4 Å². The van der Waals surface area contributed by atoms with E-state index in [9.17, 15) is 34.1 Å². The maximum Gasteiger partial charge on any atom is 0.403 e. The summed E-state index contributed by atoms with van der Waals surface area (Å²) in [6.07, 6.45) is -4.40. The SMILES string of the molecule is COC(=O)[C@H](CC(C)C)NP(=O)(O)OC[C@H]1O[C@@H](n2cc(C)c(=O)[nH]c2=O)[C@H](O)[C@@H]1O. The van der Waals surface area contributed by atoms with E-state index in [1.54, 1.807) is 0 Å². The van der Waals surface area contributed by atoms with Crippen LogP contribution < -0.4 is 16.3 Å². The van der Waals surface area contributed by atoms with E-state index in [4.69, 9.17) is 9.26 Å². The van der Waals surface area contributed by atoms with Crippen LogP contribution in [0.15, 0.2) is 15.8 Å². The quantitative estimate of drug-likeness (QED) is 0.217. The Labute approximate surface area is 177 Å². The first-order chi connectivity index (χ1) is 14.4. The minimum Gasteiger partial charge on any atom is -0.468 e. The van der Waals surface area contributed by atoms with Crippen molar-refractivity contribution >= 4 is 13.7 Å². The highest BCUT2D eigenvalue weighted by atomic mass is 31.2. The number of rotatable bonds is 9. The number of esters is 1. The Balaban J connectivity index is 2.08. The first kappa shape index (κ1) is 25.4. The van der Waals surface area contributed by atoms with Crippen molar-refractivity contribution in [3.05, 3.63) is 32.6 Å². The monoisotopic (exact) mass is 465 g/mol. The van der Waals surface area contributed by atoms with Crippen LogP contribution in [-0.4, -0.2) is 68.7 Å². The number of carbonyl (C=O) groups is 1. The lowest BCUT2D eigenvalue weighted by Gasteiger charge is -2.23. The van der Waals surface area contributed by atoms with E-state index in [1.165, 1.54) is 6.92 Å². The lowest BCUT2D eigenvalue weighted by Crippen LogP contribution is -2.39. The summed E-state index contributed by atoms with van der Waals surface area (Å²) >= 11 is 0. The van der Waals surface area contributed by atoms with Crippen LogP contribution in [0.1, 0.15) is 32.1 Å². The predicted octanol–water partition coefficient (Wildman–Crippen LogP) is -1.24. The van der Waals surface area contributed by atoms with Crippen molar-refractivity contribution in [1.29, 1.82) is 0 Å². The average Bonchev–Trinajstić information content (AvgIpc) is 2.96. The zero-order chi connectivity index (χ0) is 23.5. The molecule has 2 heterocycles. The standard InChI is InChI=1S/C17H28N3O10P/c1-8(2)5-10(16(24)28-4)19-31(26,27)29-7-11-12(21)13(22)15(30-11)20-6-9(3)14(23)18-17(20)25/h6,8,10-13,15,21-22H,5,7H2,1-4H3,(H,18,23,25)(H2,19,26,27)/t10-,11+,12+,13+,15+/m0/s1. The number of nitrogens with one attached hydrogen (secondary N) is 2. The van der Waals surface area contributed by atoms with Gasteiger partial charge in [0.25, 0.3) is 5.56 Å². The van der Waals surface area contributed by atoms with Crippen LogP contribution in [0.2, 0.25) is 0 Å². The van der Waals surface area contributed by atoms with Crippen molar-refractivity contribution in [3.63, 3.8) is 0 Å². The van der Waals surface area contributed by atoms with Gasteiger partial charge in [-0.2, -0.15) is 0 Å². The summed E-state index contributed by atoms with van der Waals surface area (Å²) in [5, 5.41) is 22.7. The Bertz CT molecular complexity index is 945. The molecule has 14 heteroatoms. The number of aromatic amines is 1. The first-order valence-electron chi connectivity index (χ1n) is 9.53. The normalized spacial score (nSPS) is 26.6. The van der Waals surface area contributed by atoms with Gasteiger partial charge in [0.1, 0.15) is 24.4 Å². The van der Waals surface area contributed by atoms with E-state index in [1.807, 2.05) is 13.8 Å². The second-order valence-electron chi connectivity index (χ2n) is 7.68. The van der Waals surface area contributed by atoms with E-state index in [-0.39, 0.29) is 17.9 Å². The minimum absolute atomic E-state index is 0.00609. The number of ether oxygens (including phenoxy) is 2. The predicted molar refractivity (Wildman–Crippen MR) is 106 cm³/mol. The molecule has 0 saturated carbocycles. The number of aliphatic hydroxyl groups excluding tert-OH is 2. The van der Waals surface area contributed by atoms with Gasteiger partial charge in [0.05, 0.1) is 13.7 Å². The molecule has 0 radical (unpaired) electrons. The van der Waals surface area contributed by atoms with E-state index in [2.05, 4.69) is 14.8 Å². The first-order valence-corrected chi connectivity index (χ1v) is 11.1. The van der Waals surface area contributed by atoms with Crippen LogP contribution in [0, 0.1) is 12.8 Å². The van der Waals surface area contributed by atoms with Gasteiger partial charge in [0.2, 0.25) is 0 Å². The summed E-state index contributed by atoms with van der Waals surface area (Å²) < 4.78 is 28.3. The van der Waals surface area contributed by atoms with Crippen LogP contribution >= 0.6 is 7.75 Å². The van der Waals surface area contributed by atoms with Gasteiger partial charge < -0.3 is 24.6 Å². The number of nitrogens with zero attached hydrogens (tertiary/aromatic N) is 1. The number of methoxy groups -OCH3 is 1. The molecule has 0 aliphatic carbocycles. The number of hydrogen-bond donors (Lipinski definition) is 5. The van der Waals surface area contributed by atoms with Gasteiger partial charge in [-0.1, -0.05) is 13.8 Å². The summed E-state index contributed by atoms with van der Waals surface area (Å²) in [5.41, 5.74) is -1.30. The summed E-state index contributed by atoms with van der Waals surface area (Å²) in [6, 6.07) is -1.10. The molecule has 1 unspecified atom stereocenters. The summed E-state index contributed by atoms with van der Waals surface area (Å²) in [4.78, 5) is 47.5. The third-order valence-electron chi connectivity index (χ3n) is 4.68. The van der Waals surface area contributed by atoms with Crippen LogP contribution in [0.3, 0.4) is 0 Å². The minimum atomic E-state index is -4.53. The molecule has 0 bridgehead atoms. The molecular weight excluding hydrogens is 437 g/mol. The molecule has 1 saturated heterocycles. The molecule has 1 aliphatic heterocycles. The molecule has 1 aliphatic rings. The van der Waals surface area contributed by atoms with Gasteiger partial charge in [0.15, 0.2) is 6.23 Å². The smallest absolute Gasteiger partial charge is 0.403 e. The second-order valence-corrected chi connectivity index (χ2v) is 9.23. The lowest BCUT2D eigenvalue weighted by atomic mass is 10.1. The third-order valence-corrected chi connectivity index (χ3v) is 5.82. The van der Waals surface area contributed by atoms with E-state index < -0.39 is 62.2 Å². The highest BCUT2D eigenvalue weighted by Crippen LogP contribution is 2.40. The molecular formula is C17H28N3O10P. The largest absolute Gasteiger partial charge is 0.468 e. The lowest BCUT2D eigenvalue weighted by molar-refractivity contribution is -0.143. The van der Waals surface area contributed by atoms with Crippen molar-refractivity contribution < 1.29 is 38.5 Å². The van der Waals surface area contributed by atoms with Crippen LogP contribution in [0.25, 0.3) is 0 Å². The Hall–Kier alpha value is -1.86. The molecule has 31 heavy (non-hydrogen) atoms. The second kappa shape index (κ2) is 10.2. The number of aliphatic hydroxyl groups is 2. The maximum absolute atomic E-state index is 12.4. The van der Waals surface area contributed by atoms with Crippen molar-refractivity contribution in [3.8, 4) is 0 Å². The highest BCUT2D eigenvalue weighted by Gasteiger charge is 2.45. The van der Waals surface area contributed by atoms with Gasteiger partial charge in [0, 0.05) is 11.8 Å². The van der Waals surface area contributed by atoms with Crippen molar-refractivity contribution in [2.24, 2.45) is 5.92 Å². The van der Waals surface area contributed by atoms with Gasteiger partial charge in [-0.15, -0.1) is 0 Å². The van der Waals surface area contributed by atoms with Gasteiger partial charge in [-0.3, -0.25) is 23.7 Å². The van der Waals surface area contributed by atoms with E-state index >= 15 is 0 Å². The fourth-order valence-electron chi connectivity index (χ4n) is 3.10. The number of aryl methyl sites for hydroxylation is 1. The van der Waals surface area contributed by atoms with Crippen molar-refractivity contribution in [2.75, 3.05) is 13.7 Å². The van der Waals surface area contributed by atoms with Crippen LogP contribution in [0.4, 0.5) is 0 Å². The molecule has 2 rings (SSSR count). The molecule has 1 fully saturated rings. The number of aromatic nitrogens is 2. The van der Waals surface area contributed by atoms with Crippen LogP contribution in [-0.2, 0) is 23.4 Å². The number of hydrogen-bond acceptors (Lipinski definition) is 9. The average molecular weight is 465 g/mol. The van der Waals surface area contributed by atoms with E-state index in [0.717, 1.165) is 17.9 Å². The summed E-state index contributed by atoms with van der Waals surface area (Å²) in [5.74, 6) is -0.737. The fraction of sp³-hybridized carbons (Fsp3) is 0.706.